The number of hydrogen-bond acceptors (Lipinski definition) is 0. The van der Waals surface area contributed by atoms with Gasteiger partial charge in [-0.2, -0.15) is 0 Å². The maximum atomic E-state index is 2.54. The second-order valence-electron chi connectivity index (χ2n) is 8.64. The van der Waals surface area contributed by atoms with E-state index in [1.165, 1.54) is 0 Å². The molecule has 0 radical (unpaired) electrons. The molecule has 0 N–H and O–H groups in total. The van der Waals surface area contributed by atoms with Crippen molar-refractivity contribution < 1.29 is 0 Å². The second kappa shape index (κ2) is 5.97. The van der Waals surface area contributed by atoms with Crippen molar-refractivity contribution in [3.8, 4) is 0 Å². The Morgan fingerprint density at radius 1 is 0.611 bits per heavy atom. The molecule has 0 aliphatic carbocycles. The summed E-state index contributed by atoms with van der Waals surface area (Å²) >= 11 is 0. The van der Waals surface area contributed by atoms with Crippen LogP contribution in [-0.2, 0) is 0 Å². The molecule has 0 rings (SSSR count). The first-order chi connectivity index (χ1) is 7.86. The van der Waals surface area contributed by atoms with Gasteiger partial charge >= 0.3 is 0 Å². The summed E-state index contributed by atoms with van der Waals surface area (Å²) in [7, 11) is 0. The minimum atomic E-state index is 0.371. The van der Waals surface area contributed by atoms with E-state index < -0.39 is 0 Å². The van der Waals surface area contributed by atoms with Crippen LogP contribution >= 0.6 is 0 Å². The highest BCUT2D eigenvalue weighted by atomic mass is 14.5. The van der Waals surface area contributed by atoms with Crippen molar-refractivity contribution in [1.82, 2.24) is 0 Å². The molecule has 0 aliphatic heterocycles. The van der Waals surface area contributed by atoms with E-state index in [4.69, 9.17) is 0 Å². The predicted octanol–water partition coefficient (Wildman–Crippen LogP) is 6.26. The van der Waals surface area contributed by atoms with Crippen molar-refractivity contribution in [3.05, 3.63) is 0 Å². The van der Waals surface area contributed by atoms with Crippen LogP contribution in [-0.4, -0.2) is 0 Å². The molecule has 0 bridgehead atoms. The Morgan fingerprint density at radius 2 is 1.00 bits per heavy atom. The highest BCUT2D eigenvalue weighted by molar-refractivity contribution is 4.96. The number of rotatable bonds is 5. The summed E-state index contributed by atoms with van der Waals surface area (Å²) in [6.45, 7) is 26.7. The molecule has 0 saturated heterocycles. The summed E-state index contributed by atoms with van der Waals surface area (Å²) in [6.07, 6.45) is 0. The summed E-state index contributed by atoms with van der Waals surface area (Å²) in [5, 5.41) is 0. The fraction of sp³-hybridized carbons (Fsp3) is 1.00. The largest absolute Gasteiger partial charge is 0.0625 e. The van der Waals surface area contributed by atoms with Crippen molar-refractivity contribution in [2.75, 3.05) is 0 Å². The Morgan fingerprint density at radius 3 is 1.17 bits per heavy atom. The molecular weight excluding hydrogens is 216 g/mol. The maximum absolute atomic E-state index is 2.54. The van der Waals surface area contributed by atoms with E-state index in [2.05, 4.69) is 76.2 Å². The molecule has 3 unspecified atom stereocenters. The van der Waals surface area contributed by atoms with Gasteiger partial charge in [-0.3, -0.25) is 0 Å². The highest BCUT2D eigenvalue weighted by Crippen LogP contribution is 2.54. The molecule has 0 aromatic rings. The normalized spacial score (nSPS) is 20.3. The van der Waals surface area contributed by atoms with Gasteiger partial charge in [0.05, 0.1) is 0 Å². The summed E-state index contributed by atoms with van der Waals surface area (Å²) in [6, 6.07) is 0. The quantitative estimate of drug-likeness (QED) is 0.543. The van der Waals surface area contributed by atoms with E-state index >= 15 is 0 Å². The predicted molar refractivity (Wildman–Crippen MR) is 84.7 cm³/mol. The lowest BCUT2D eigenvalue weighted by Crippen LogP contribution is -2.48. The molecule has 0 saturated carbocycles. The lowest BCUT2D eigenvalue weighted by molar-refractivity contribution is -0.0601. The minimum Gasteiger partial charge on any atom is -0.0625 e. The van der Waals surface area contributed by atoms with Gasteiger partial charge < -0.3 is 0 Å². The first-order valence-electron chi connectivity index (χ1n) is 7.86. The molecule has 0 aromatic heterocycles. The van der Waals surface area contributed by atoms with Crippen molar-refractivity contribution >= 4 is 0 Å². The average Bonchev–Trinajstić information content (AvgIpc) is 2.12. The Kier molecular flexibility index (Phi) is 5.97. The second-order valence-corrected chi connectivity index (χ2v) is 8.64. The van der Waals surface area contributed by atoms with Crippen LogP contribution in [0.2, 0.25) is 0 Å². The average molecular weight is 255 g/mol. The Bertz CT molecular complexity index is 241. The molecule has 0 heteroatoms. The molecule has 0 aromatic carbocycles. The fourth-order valence-electron chi connectivity index (χ4n) is 4.54. The van der Waals surface area contributed by atoms with Gasteiger partial charge in [0.1, 0.15) is 0 Å². The third kappa shape index (κ3) is 3.52. The van der Waals surface area contributed by atoms with Crippen LogP contribution in [0.4, 0.5) is 0 Å². The van der Waals surface area contributed by atoms with E-state index in [1.54, 1.807) is 0 Å². The molecule has 0 fully saturated rings. The van der Waals surface area contributed by atoms with E-state index in [9.17, 15) is 0 Å². The first kappa shape index (κ1) is 18.0. The molecule has 3 atom stereocenters. The van der Waals surface area contributed by atoms with Crippen LogP contribution in [0.3, 0.4) is 0 Å². The van der Waals surface area contributed by atoms with Gasteiger partial charge in [-0.1, -0.05) is 76.2 Å². The third-order valence-electron chi connectivity index (χ3n) is 5.49. The van der Waals surface area contributed by atoms with Gasteiger partial charge in [0.2, 0.25) is 0 Å². The highest BCUT2D eigenvalue weighted by Gasteiger charge is 2.48. The summed E-state index contributed by atoms with van der Waals surface area (Å²) in [4.78, 5) is 0. The van der Waals surface area contributed by atoms with E-state index in [-0.39, 0.29) is 0 Å². The molecule has 18 heavy (non-hydrogen) atoms. The molecule has 0 spiro atoms. The summed E-state index contributed by atoms with van der Waals surface area (Å²) in [5.74, 6) is 3.72. The molecule has 0 amide bonds. The van der Waals surface area contributed by atoms with Crippen LogP contribution in [0.5, 0.6) is 0 Å². The zero-order chi connectivity index (χ0) is 14.9. The van der Waals surface area contributed by atoms with Crippen LogP contribution < -0.4 is 0 Å². The summed E-state index contributed by atoms with van der Waals surface area (Å²) < 4.78 is 0. The molecule has 0 heterocycles. The van der Waals surface area contributed by atoms with Gasteiger partial charge in [-0.15, -0.1) is 0 Å². The maximum Gasteiger partial charge on any atom is -0.0239 e. The monoisotopic (exact) mass is 254 g/mol. The smallest absolute Gasteiger partial charge is 0.0239 e. The standard InChI is InChI=1S/C18H38/c1-12(2)15(7)18(11,14(5)6)16(13(3)4)17(8,9)10/h12-16H,1-11H3. The number of hydrogen-bond donors (Lipinski definition) is 0. The van der Waals surface area contributed by atoms with Crippen LogP contribution in [0.1, 0.15) is 76.2 Å². The van der Waals surface area contributed by atoms with Gasteiger partial charge in [-0.25, -0.2) is 0 Å². The lowest BCUT2D eigenvalue weighted by atomic mass is 9.51. The zero-order valence-corrected chi connectivity index (χ0v) is 14.9. The Labute approximate surface area is 117 Å². The van der Waals surface area contributed by atoms with Crippen LogP contribution in [0, 0.1) is 40.4 Å². The summed E-state index contributed by atoms with van der Waals surface area (Å²) in [5.41, 5.74) is 0.775. The van der Waals surface area contributed by atoms with Gasteiger partial charge in [0.15, 0.2) is 0 Å². The van der Waals surface area contributed by atoms with Crippen molar-refractivity contribution in [2.24, 2.45) is 40.4 Å². The van der Waals surface area contributed by atoms with Crippen molar-refractivity contribution in [2.45, 2.75) is 76.2 Å². The Balaban J connectivity index is 5.69. The van der Waals surface area contributed by atoms with E-state index in [0.717, 1.165) is 29.6 Å². The first-order valence-corrected chi connectivity index (χ1v) is 7.86. The van der Waals surface area contributed by atoms with Crippen LogP contribution in [0.15, 0.2) is 0 Å². The molecular formula is C18H38. The van der Waals surface area contributed by atoms with Crippen molar-refractivity contribution in [3.63, 3.8) is 0 Å². The SMILES string of the molecule is CC(C)C(C)C(C)(C(C)C)C(C(C)C)C(C)(C)C. The van der Waals surface area contributed by atoms with Gasteiger partial charge in [0, 0.05) is 0 Å². The van der Waals surface area contributed by atoms with Crippen molar-refractivity contribution in [1.29, 1.82) is 0 Å². The van der Waals surface area contributed by atoms with Gasteiger partial charge in [0.25, 0.3) is 0 Å². The molecule has 0 aliphatic rings. The third-order valence-corrected chi connectivity index (χ3v) is 5.49. The zero-order valence-electron chi connectivity index (χ0n) is 14.9. The topological polar surface area (TPSA) is 0 Å². The lowest BCUT2D eigenvalue weighted by Gasteiger charge is -2.54. The van der Waals surface area contributed by atoms with Crippen LogP contribution in [0.25, 0.3) is 0 Å². The molecule has 0 nitrogen and oxygen atoms in total. The Hall–Kier alpha value is 0. The molecule has 110 valence electrons. The van der Waals surface area contributed by atoms with E-state index in [1.807, 2.05) is 0 Å². The van der Waals surface area contributed by atoms with E-state index in [0.29, 0.717) is 10.8 Å². The minimum absolute atomic E-state index is 0.371. The van der Waals surface area contributed by atoms with Gasteiger partial charge in [-0.05, 0) is 40.4 Å². The fourth-order valence-corrected chi connectivity index (χ4v) is 4.54.